The van der Waals surface area contributed by atoms with E-state index in [-0.39, 0.29) is 25.9 Å². The van der Waals surface area contributed by atoms with E-state index in [4.69, 9.17) is 23.3 Å². The van der Waals surface area contributed by atoms with Gasteiger partial charge in [-0.25, -0.2) is 4.57 Å². The first-order valence-corrected chi connectivity index (χ1v) is 30.4. The summed E-state index contributed by atoms with van der Waals surface area (Å²) >= 11 is 0. The lowest BCUT2D eigenvalue weighted by Gasteiger charge is -2.21. The topological polar surface area (TPSA) is 155 Å². The number of phosphoric ester groups is 1. The molecule has 0 aliphatic rings. The predicted molar refractivity (Wildman–Crippen MR) is 289 cm³/mol. The smallest absolute Gasteiger partial charge is 0.462 e. The molecular weight excluding hydrogens is 904 g/mol. The maximum Gasteiger partial charge on any atom is 0.472 e. The van der Waals surface area contributed by atoms with E-state index in [0.717, 1.165) is 116 Å². The highest BCUT2D eigenvalue weighted by atomic mass is 31.2. The first-order valence-electron chi connectivity index (χ1n) is 28.9. The molecule has 410 valence electrons. The van der Waals surface area contributed by atoms with Gasteiger partial charge in [-0.1, -0.05) is 198 Å². The molecule has 0 aliphatic carbocycles. The molecule has 0 heterocycles. The van der Waals surface area contributed by atoms with Gasteiger partial charge in [0, 0.05) is 19.3 Å². The first-order chi connectivity index (χ1) is 34.2. The van der Waals surface area contributed by atoms with Gasteiger partial charge in [-0.15, -0.1) is 0 Å². The number of allylic oxidation sites excluding steroid dienone is 6. The third-order valence-corrected chi connectivity index (χ3v) is 13.5. The van der Waals surface area contributed by atoms with Crippen molar-refractivity contribution in [3.05, 3.63) is 36.5 Å². The summed E-state index contributed by atoms with van der Waals surface area (Å²) in [6, 6.07) is 0. The minimum Gasteiger partial charge on any atom is -0.462 e. The fourth-order valence-corrected chi connectivity index (χ4v) is 8.83. The molecule has 0 bridgehead atoms. The van der Waals surface area contributed by atoms with E-state index >= 15 is 0 Å². The molecule has 12 heteroatoms. The molecule has 3 unspecified atom stereocenters. The van der Waals surface area contributed by atoms with Gasteiger partial charge in [0.25, 0.3) is 0 Å². The van der Waals surface area contributed by atoms with E-state index in [1.165, 1.54) is 103 Å². The lowest BCUT2D eigenvalue weighted by molar-refractivity contribution is -0.161. The molecule has 0 rings (SSSR count). The lowest BCUT2D eigenvalue weighted by Crippen LogP contribution is -2.30. The molecule has 0 radical (unpaired) electrons. The van der Waals surface area contributed by atoms with E-state index in [9.17, 15) is 28.9 Å². The second-order valence-corrected chi connectivity index (χ2v) is 20.9. The van der Waals surface area contributed by atoms with Crippen molar-refractivity contribution in [1.29, 1.82) is 0 Å². The molecule has 0 fully saturated rings. The van der Waals surface area contributed by atoms with Gasteiger partial charge in [-0.2, -0.15) is 0 Å². The van der Waals surface area contributed by atoms with Crippen LogP contribution in [0.1, 0.15) is 278 Å². The molecular formula is C58H107O11P. The van der Waals surface area contributed by atoms with Gasteiger partial charge in [-0.3, -0.25) is 23.4 Å². The Morgan fingerprint density at radius 1 is 0.386 bits per heavy atom. The molecule has 0 aromatic heterocycles. The van der Waals surface area contributed by atoms with Gasteiger partial charge in [0.15, 0.2) is 6.10 Å². The normalized spacial score (nSPS) is 13.6. The van der Waals surface area contributed by atoms with Crippen LogP contribution in [-0.4, -0.2) is 66.5 Å². The Balaban J connectivity index is 4.74. The number of aliphatic hydroxyl groups is 1. The van der Waals surface area contributed by atoms with Gasteiger partial charge in [-0.05, 0) is 96.3 Å². The van der Waals surface area contributed by atoms with Crippen LogP contribution in [0.4, 0.5) is 0 Å². The van der Waals surface area contributed by atoms with Crippen molar-refractivity contribution < 1.29 is 52.2 Å². The van der Waals surface area contributed by atoms with E-state index in [0.29, 0.717) is 19.3 Å². The number of unbranched alkanes of at least 4 members (excludes halogenated alkanes) is 31. The van der Waals surface area contributed by atoms with Gasteiger partial charge in [0.05, 0.1) is 19.8 Å². The Hall–Kier alpha value is -2.30. The molecule has 0 aliphatic heterocycles. The number of carbonyl (C=O) groups excluding carboxylic acids is 3. The highest BCUT2D eigenvalue weighted by Gasteiger charge is 2.28. The summed E-state index contributed by atoms with van der Waals surface area (Å²) in [5, 5.41) is 9.80. The quantitative estimate of drug-likeness (QED) is 0.0197. The number of rotatable bonds is 54. The van der Waals surface area contributed by atoms with Crippen molar-refractivity contribution in [2.24, 2.45) is 0 Å². The number of hydrogen-bond acceptors (Lipinski definition) is 10. The average Bonchev–Trinajstić information content (AvgIpc) is 3.35. The Labute approximate surface area is 429 Å². The van der Waals surface area contributed by atoms with Crippen LogP contribution in [0.15, 0.2) is 36.5 Å². The van der Waals surface area contributed by atoms with Crippen LogP contribution in [0.5, 0.6) is 0 Å². The number of hydrogen-bond donors (Lipinski definition) is 2. The SMILES string of the molecule is CCCCCC/C=C\CCCCCCCC(=O)OC(CO)COP(=O)(O)OCC(COC(=O)CCCCCCC/C=C\CCCCCCCC)OC(=O)CCCCCCC/C=C\CCCCCCCC. The molecule has 11 nitrogen and oxygen atoms in total. The Kier molecular flexibility index (Phi) is 51.3. The zero-order valence-corrected chi connectivity index (χ0v) is 46.1. The second-order valence-electron chi connectivity index (χ2n) is 19.4. The number of carbonyl (C=O) groups is 3. The van der Waals surface area contributed by atoms with Crippen LogP contribution in [0, 0.1) is 0 Å². The van der Waals surface area contributed by atoms with Gasteiger partial charge < -0.3 is 24.2 Å². The summed E-state index contributed by atoms with van der Waals surface area (Å²) in [6.45, 7) is 4.62. The van der Waals surface area contributed by atoms with Crippen LogP contribution in [0.2, 0.25) is 0 Å². The van der Waals surface area contributed by atoms with Gasteiger partial charge in [0.2, 0.25) is 0 Å². The third kappa shape index (κ3) is 50.6. The van der Waals surface area contributed by atoms with Crippen LogP contribution in [0.25, 0.3) is 0 Å². The Bertz CT molecular complexity index is 1320. The van der Waals surface area contributed by atoms with Crippen molar-refractivity contribution in [3.8, 4) is 0 Å². The highest BCUT2D eigenvalue weighted by molar-refractivity contribution is 7.47. The Morgan fingerprint density at radius 3 is 1.00 bits per heavy atom. The second kappa shape index (κ2) is 53.0. The largest absolute Gasteiger partial charge is 0.472 e. The standard InChI is InChI=1S/C58H107O11P/c1-4-7-10-13-16-19-22-25-27-30-32-35-38-41-44-47-56(60)65-51-55(69-58(62)49-46-43-40-37-34-31-28-26-23-20-17-14-11-8-5-2)53-67-70(63,64)66-52-54(50-59)68-57(61)48-45-42-39-36-33-29-24-21-18-15-12-9-6-3/h21,24-28,54-55,59H,4-20,22-23,29-53H2,1-3H3,(H,63,64)/b24-21-,27-25-,28-26-. The fraction of sp³-hybridized carbons (Fsp3) is 0.845. The van der Waals surface area contributed by atoms with Gasteiger partial charge >= 0.3 is 25.7 Å². The van der Waals surface area contributed by atoms with Gasteiger partial charge in [0.1, 0.15) is 12.7 Å². The fourth-order valence-electron chi connectivity index (χ4n) is 8.05. The molecule has 2 N–H and O–H groups in total. The summed E-state index contributed by atoms with van der Waals surface area (Å²) in [5.41, 5.74) is 0. The van der Waals surface area contributed by atoms with E-state index < -0.39 is 57.8 Å². The Morgan fingerprint density at radius 2 is 0.657 bits per heavy atom. The zero-order valence-electron chi connectivity index (χ0n) is 45.2. The van der Waals surface area contributed by atoms with Crippen LogP contribution in [-0.2, 0) is 42.2 Å². The van der Waals surface area contributed by atoms with Crippen LogP contribution >= 0.6 is 7.82 Å². The van der Waals surface area contributed by atoms with Crippen molar-refractivity contribution in [2.75, 3.05) is 26.4 Å². The maximum absolute atomic E-state index is 12.9. The summed E-state index contributed by atoms with van der Waals surface area (Å²) < 4.78 is 39.5. The molecule has 0 saturated carbocycles. The molecule has 0 aromatic rings. The zero-order chi connectivity index (χ0) is 51.3. The summed E-state index contributed by atoms with van der Waals surface area (Å²) in [7, 11) is -4.75. The molecule has 0 saturated heterocycles. The maximum atomic E-state index is 12.9. The van der Waals surface area contributed by atoms with Crippen molar-refractivity contribution in [3.63, 3.8) is 0 Å². The number of ether oxygens (including phenoxy) is 3. The van der Waals surface area contributed by atoms with E-state index in [2.05, 4.69) is 57.2 Å². The summed E-state index contributed by atoms with van der Waals surface area (Å²) in [6.07, 6.45) is 53.8. The average molecular weight is 1010 g/mol. The predicted octanol–water partition coefficient (Wildman–Crippen LogP) is 16.8. The van der Waals surface area contributed by atoms with Crippen molar-refractivity contribution in [2.45, 2.75) is 290 Å². The third-order valence-electron chi connectivity index (χ3n) is 12.5. The first kappa shape index (κ1) is 67.7. The summed E-state index contributed by atoms with van der Waals surface area (Å²) in [5.74, 6) is -1.48. The minimum absolute atomic E-state index is 0.158. The minimum atomic E-state index is -4.75. The van der Waals surface area contributed by atoms with E-state index in [1.54, 1.807) is 0 Å². The number of phosphoric acid groups is 1. The van der Waals surface area contributed by atoms with Crippen LogP contribution in [0.3, 0.4) is 0 Å². The van der Waals surface area contributed by atoms with Crippen molar-refractivity contribution in [1.82, 2.24) is 0 Å². The monoisotopic (exact) mass is 1010 g/mol. The molecule has 70 heavy (non-hydrogen) atoms. The summed E-state index contributed by atoms with van der Waals surface area (Å²) in [4.78, 5) is 48.5. The molecule has 0 aromatic carbocycles. The molecule has 3 atom stereocenters. The number of aliphatic hydroxyl groups excluding tert-OH is 1. The lowest BCUT2D eigenvalue weighted by atomic mass is 10.1. The van der Waals surface area contributed by atoms with E-state index in [1.807, 2.05) is 0 Å². The van der Waals surface area contributed by atoms with Crippen molar-refractivity contribution >= 4 is 25.7 Å². The number of esters is 3. The molecule has 0 amide bonds. The van der Waals surface area contributed by atoms with Crippen LogP contribution < -0.4 is 0 Å². The molecule has 0 spiro atoms. The highest BCUT2D eigenvalue weighted by Crippen LogP contribution is 2.43.